The second-order valence-electron chi connectivity index (χ2n) is 8.45. The van der Waals surface area contributed by atoms with Crippen LogP contribution in [0.5, 0.6) is 0 Å². The van der Waals surface area contributed by atoms with Gasteiger partial charge < -0.3 is 5.32 Å². The Kier molecular flexibility index (Phi) is 7.04. The van der Waals surface area contributed by atoms with Gasteiger partial charge in [0.2, 0.25) is 10.0 Å². The zero-order valence-corrected chi connectivity index (χ0v) is 20.0. The number of nitrogens with zero attached hydrogens (tertiary/aromatic N) is 1. The van der Waals surface area contributed by atoms with Crippen molar-refractivity contribution in [3.05, 3.63) is 94.5 Å². The molecular weight excluding hydrogens is 420 g/mol. The van der Waals surface area contributed by atoms with Gasteiger partial charge in [0.15, 0.2) is 0 Å². The highest BCUT2D eigenvalue weighted by molar-refractivity contribution is 7.92. The molecule has 0 saturated heterocycles. The Bertz CT molecular complexity index is 1200. The Morgan fingerprint density at radius 3 is 2.12 bits per heavy atom. The van der Waals surface area contributed by atoms with E-state index in [1.165, 1.54) is 10.6 Å². The van der Waals surface area contributed by atoms with Crippen LogP contribution in [0.1, 0.15) is 52.4 Å². The molecule has 0 heterocycles. The summed E-state index contributed by atoms with van der Waals surface area (Å²) in [7, 11) is -3.50. The number of aryl methyl sites for hydroxylation is 2. The summed E-state index contributed by atoms with van der Waals surface area (Å²) in [6, 6.07) is 20.4. The molecule has 32 heavy (non-hydrogen) atoms. The van der Waals surface area contributed by atoms with E-state index in [1.54, 1.807) is 24.3 Å². The van der Waals surface area contributed by atoms with Gasteiger partial charge in [-0.25, -0.2) is 8.42 Å². The first-order chi connectivity index (χ1) is 15.1. The topological polar surface area (TPSA) is 66.5 Å². The van der Waals surface area contributed by atoms with Crippen LogP contribution in [0, 0.1) is 13.8 Å². The third-order valence-electron chi connectivity index (χ3n) is 5.43. The predicted molar refractivity (Wildman–Crippen MR) is 132 cm³/mol. The third kappa shape index (κ3) is 5.56. The van der Waals surface area contributed by atoms with Crippen LogP contribution in [-0.2, 0) is 16.6 Å². The summed E-state index contributed by atoms with van der Waals surface area (Å²) < 4.78 is 26.2. The Labute approximate surface area is 191 Å². The minimum atomic E-state index is -3.50. The number of hydrogen-bond donors (Lipinski definition) is 1. The molecule has 1 N–H and O–H groups in total. The summed E-state index contributed by atoms with van der Waals surface area (Å²) in [5, 5.41) is 3.03. The SMILES string of the molecule is Cc1ccc(CN(c2ccc(C(=O)Nc3c(C)cccc3C(C)C)cc2)S(C)(=O)=O)cc1. The van der Waals surface area contributed by atoms with Crippen LogP contribution in [0.4, 0.5) is 11.4 Å². The maximum atomic E-state index is 12.9. The van der Waals surface area contributed by atoms with Crippen molar-refractivity contribution < 1.29 is 13.2 Å². The maximum Gasteiger partial charge on any atom is 0.255 e. The molecule has 168 valence electrons. The molecule has 5 nitrogen and oxygen atoms in total. The number of amides is 1. The van der Waals surface area contributed by atoms with Crippen LogP contribution in [-0.4, -0.2) is 20.6 Å². The molecule has 3 rings (SSSR count). The van der Waals surface area contributed by atoms with Gasteiger partial charge in [-0.05, 0) is 60.7 Å². The van der Waals surface area contributed by atoms with Crippen molar-refractivity contribution in [1.29, 1.82) is 0 Å². The molecule has 1 amide bonds. The summed E-state index contributed by atoms with van der Waals surface area (Å²) in [6.07, 6.45) is 1.19. The molecule has 0 spiro atoms. The molecule has 0 fully saturated rings. The van der Waals surface area contributed by atoms with Crippen LogP contribution in [0.25, 0.3) is 0 Å². The van der Waals surface area contributed by atoms with Gasteiger partial charge in [0.1, 0.15) is 0 Å². The van der Waals surface area contributed by atoms with E-state index in [0.717, 1.165) is 27.9 Å². The summed E-state index contributed by atoms with van der Waals surface area (Å²) in [6.45, 7) is 8.37. The predicted octanol–water partition coefficient (Wildman–Crippen LogP) is 5.65. The van der Waals surface area contributed by atoms with Gasteiger partial charge in [-0.2, -0.15) is 0 Å². The van der Waals surface area contributed by atoms with Crippen molar-refractivity contribution in [2.45, 2.75) is 40.2 Å². The average Bonchev–Trinajstić information content (AvgIpc) is 2.74. The quantitative estimate of drug-likeness (QED) is 0.506. The van der Waals surface area contributed by atoms with Crippen molar-refractivity contribution in [2.24, 2.45) is 0 Å². The Morgan fingerprint density at radius 1 is 0.938 bits per heavy atom. The zero-order chi connectivity index (χ0) is 23.5. The lowest BCUT2D eigenvalue weighted by atomic mass is 9.98. The Hall–Kier alpha value is -3.12. The number of benzene rings is 3. The van der Waals surface area contributed by atoms with Crippen molar-refractivity contribution in [2.75, 3.05) is 15.9 Å². The number of carbonyl (C=O) groups excluding carboxylic acids is 1. The minimum Gasteiger partial charge on any atom is -0.321 e. The first-order valence-corrected chi connectivity index (χ1v) is 12.5. The second kappa shape index (κ2) is 9.57. The fourth-order valence-corrected chi connectivity index (χ4v) is 4.45. The van der Waals surface area contributed by atoms with Crippen LogP contribution in [0.2, 0.25) is 0 Å². The normalized spacial score (nSPS) is 11.4. The maximum absolute atomic E-state index is 12.9. The molecule has 0 saturated carbocycles. The van der Waals surface area contributed by atoms with E-state index in [1.807, 2.05) is 56.3 Å². The molecule has 0 bridgehead atoms. The van der Waals surface area contributed by atoms with Gasteiger partial charge in [0.25, 0.3) is 5.91 Å². The Morgan fingerprint density at radius 2 is 1.56 bits per heavy atom. The molecule has 0 atom stereocenters. The molecule has 3 aromatic rings. The largest absolute Gasteiger partial charge is 0.321 e. The van der Waals surface area contributed by atoms with E-state index >= 15 is 0 Å². The molecule has 0 aliphatic rings. The molecule has 0 radical (unpaired) electrons. The molecule has 3 aromatic carbocycles. The molecule has 0 aliphatic carbocycles. The van der Waals surface area contributed by atoms with E-state index in [-0.39, 0.29) is 18.4 Å². The highest BCUT2D eigenvalue weighted by Crippen LogP contribution is 2.28. The van der Waals surface area contributed by atoms with Gasteiger partial charge in [-0.15, -0.1) is 0 Å². The smallest absolute Gasteiger partial charge is 0.255 e. The number of anilines is 2. The summed E-state index contributed by atoms with van der Waals surface area (Å²) in [5.74, 6) is 0.0508. The fourth-order valence-electron chi connectivity index (χ4n) is 3.57. The third-order valence-corrected chi connectivity index (χ3v) is 6.57. The first kappa shape index (κ1) is 23.5. The van der Waals surface area contributed by atoms with E-state index < -0.39 is 10.0 Å². The van der Waals surface area contributed by atoms with E-state index in [2.05, 4.69) is 19.2 Å². The first-order valence-electron chi connectivity index (χ1n) is 10.6. The van der Waals surface area contributed by atoms with E-state index in [0.29, 0.717) is 11.3 Å². The highest BCUT2D eigenvalue weighted by Gasteiger charge is 2.19. The van der Waals surface area contributed by atoms with Crippen LogP contribution >= 0.6 is 0 Å². The van der Waals surface area contributed by atoms with Crippen molar-refractivity contribution in [3.8, 4) is 0 Å². The van der Waals surface area contributed by atoms with Gasteiger partial charge in [0.05, 0.1) is 18.5 Å². The van der Waals surface area contributed by atoms with Gasteiger partial charge in [-0.1, -0.05) is 61.9 Å². The van der Waals surface area contributed by atoms with Crippen molar-refractivity contribution in [3.63, 3.8) is 0 Å². The monoisotopic (exact) mass is 450 g/mol. The number of nitrogens with one attached hydrogen (secondary N) is 1. The number of carbonyl (C=O) groups is 1. The Balaban J connectivity index is 1.84. The number of sulfonamides is 1. The molecular formula is C26H30N2O3S. The molecule has 0 aromatic heterocycles. The standard InChI is InChI=1S/C26H30N2O3S/c1-18(2)24-8-6-7-20(4)25(24)27-26(29)22-13-15-23(16-14-22)28(32(5,30)31)17-21-11-9-19(3)10-12-21/h6-16,18H,17H2,1-5H3,(H,27,29). The molecule has 0 unspecified atom stereocenters. The highest BCUT2D eigenvalue weighted by atomic mass is 32.2. The number of rotatable bonds is 7. The van der Waals surface area contributed by atoms with Crippen molar-refractivity contribution in [1.82, 2.24) is 0 Å². The number of hydrogen-bond acceptors (Lipinski definition) is 3. The van der Waals surface area contributed by atoms with Gasteiger partial charge in [-0.3, -0.25) is 9.10 Å². The van der Waals surface area contributed by atoms with Crippen LogP contribution < -0.4 is 9.62 Å². The summed E-state index contributed by atoms with van der Waals surface area (Å²) in [4.78, 5) is 12.9. The van der Waals surface area contributed by atoms with Crippen LogP contribution in [0.15, 0.2) is 66.7 Å². The summed E-state index contributed by atoms with van der Waals surface area (Å²) in [5.41, 5.74) is 5.90. The minimum absolute atomic E-state index is 0.225. The fraction of sp³-hybridized carbons (Fsp3) is 0.269. The van der Waals surface area contributed by atoms with Gasteiger partial charge >= 0.3 is 0 Å². The summed E-state index contributed by atoms with van der Waals surface area (Å²) >= 11 is 0. The van der Waals surface area contributed by atoms with Gasteiger partial charge in [0, 0.05) is 11.3 Å². The van der Waals surface area contributed by atoms with Crippen LogP contribution in [0.3, 0.4) is 0 Å². The number of para-hydroxylation sites is 1. The lowest BCUT2D eigenvalue weighted by molar-refractivity contribution is 0.102. The average molecular weight is 451 g/mol. The lowest BCUT2D eigenvalue weighted by Gasteiger charge is -2.23. The zero-order valence-electron chi connectivity index (χ0n) is 19.2. The van der Waals surface area contributed by atoms with E-state index in [4.69, 9.17) is 0 Å². The second-order valence-corrected chi connectivity index (χ2v) is 10.4. The lowest BCUT2D eigenvalue weighted by Crippen LogP contribution is -2.29. The molecule has 6 heteroatoms. The van der Waals surface area contributed by atoms with E-state index in [9.17, 15) is 13.2 Å². The molecule has 0 aliphatic heterocycles. The van der Waals surface area contributed by atoms with Crippen molar-refractivity contribution >= 4 is 27.3 Å².